The van der Waals surface area contributed by atoms with Gasteiger partial charge in [-0.05, 0) is 48.9 Å². The quantitative estimate of drug-likeness (QED) is 0.417. The molecule has 1 atom stereocenters. The first kappa shape index (κ1) is 23.5. The van der Waals surface area contributed by atoms with E-state index in [0.717, 1.165) is 6.08 Å². The van der Waals surface area contributed by atoms with Gasteiger partial charge in [0.15, 0.2) is 17.3 Å². The zero-order valence-electron chi connectivity index (χ0n) is 17.7. The van der Waals surface area contributed by atoms with Crippen LogP contribution in [0, 0.1) is 5.41 Å². The van der Waals surface area contributed by atoms with E-state index < -0.39 is 23.6 Å². The van der Waals surface area contributed by atoms with Crippen LogP contribution in [0.3, 0.4) is 0 Å². The molecule has 0 aliphatic carbocycles. The van der Waals surface area contributed by atoms with Crippen LogP contribution in [0.4, 0.5) is 10.5 Å². The van der Waals surface area contributed by atoms with Crippen molar-refractivity contribution in [3.8, 4) is 11.5 Å². The molecule has 0 saturated heterocycles. The molecular weight excluding hydrogens is 402 g/mol. The number of carboxylic acid groups (broad SMARTS) is 1. The molecule has 31 heavy (non-hydrogen) atoms. The number of nitrogens with one attached hydrogen (secondary N) is 1. The number of phenolic OH excluding ortho intramolecular Hbond substituents is 1. The number of methoxy groups -OCH3 is 1. The Labute approximate surface area is 180 Å². The molecule has 8 nitrogen and oxygen atoms in total. The normalized spacial score (nSPS) is 12.3. The van der Waals surface area contributed by atoms with E-state index in [-0.39, 0.29) is 17.3 Å². The van der Waals surface area contributed by atoms with Crippen molar-refractivity contribution < 1.29 is 34.1 Å². The van der Waals surface area contributed by atoms with Gasteiger partial charge in [-0.1, -0.05) is 26.0 Å². The molecule has 164 valence electrons. The first-order valence-electron chi connectivity index (χ1n) is 9.41. The van der Waals surface area contributed by atoms with Crippen LogP contribution < -0.4 is 10.1 Å². The van der Waals surface area contributed by atoms with Crippen LogP contribution >= 0.6 is 0 Å². The van der Waals surface area contributed by atoms with E-state index in [2.05, 4.69) is 5.32 Å². The number of hydrogen-bond acceptors (Lipinski definition) is 6. The number of anilines is 1. The number of ether oxygens (including phenoxy) is 2. The number of phenols is 1. The van der Waals surface area contributed by atoms with Gasteiger partial charge < -0.3 is 19.7 Å². The standard InChI is InChI=1S/C23H25NO7/c1-14(25)15-5-8-17(9-6-15)24-22(29)31-21(23(2,3)12-11-20(27)28)16-7-10-19(30-4)18(26)13-16/h5-13,21,26H,1-4H3,(H,24,29)(H,27,28)/b12-11+/t21-/m0/s1. The molecule has 0 spiro atoms. The van der Waals surface area contributed by atoms with Crippen molar-refractivity contribution in [3.05, 3.63) is 65.7 Å². The molecule has 3 N–H and O–H groups in total. The zero-order valence-corrected chi connectivity index (χ0v) is 17.7. The van der Waals surface area contributed by atoms with Crippen molar-refractivity contribution in [3.63, 3.8) is 0 Å². The second kappa shape index (κ2) is 9.80. The van der Waals surface area contributed by atoms with E-state index in [0.29, 0.717) is 16.8 Å². The van der Waals surface area contributed by atoms with Gasteiger partial charge in [-0.3, -0.25) is 10.1 Å². The maximum Gasteiger partial charge on any atom is 0.412 e. The summed E-state index contributed by atoms with van der Waals surface area (Å²) < 4.78 is 10.7. The highest BCUT2D eigenvalue weighted by molar-refractivity contribution is 5.95. The molecule has 1 amide bonds. The number of aliphatic carboxylic acids is 1. The summed E-state index contributed by atoms with van der Waals surface area (Å²) in [6.07, 6.45) is 0.665. The fraction of sp³-hybridized carbons (Fsp3) is 0.261. The average molecular weight is 427 g/mol. The molecule has 0 fully saturated rings. The van der Waals surface area contributed by atoms with E-state index in [4.69, 9.17) is 14.6 Å². The SMILES string of the molecule is COc1ccc([C@H](OC(=O)Nc2ccc(C(C)=O)cc2)C(C)(C)/C=C/C(=O)O)cc1O. The fourth-order valence-electron chi connectivity index (χ4n) is 2.94. The highest BCUT2D eigenvalue weighted by Gasteiger charge is 2.33. The van der Waals surface area contributed by atoms with Gasteiger partial charge in [0.05, 0.1) is 7.11 Å². The Balaban J connectivity index is 2.31. The summed E-state index contributed by atoms with van der Waals surface area (Å²) in [5.74, 6) is -1.14. The highest BCUT2D eigenvalue weighted by atomic mass is 16.6. The highest BCUT2D eigenvalue weighted by Crippen LogP contribution is 2.41. The van der Waals surface area contributed by atoms with Gasteiger partial charge in [0.2, 0.25) is 0 Å². The van der Waals surface area contributed by atoms with Crippen LogP contribution in [0.15, 0.2) is 54.6 Å². The molecule has 0 saturated carbocycles. The Kier molecular flexibility index (Phi) is 7.42. The number of rotatable bonds is 8. The van der Waals surface area contributed by atoms with Gasteiger partial charge in [-0.25, -0.2) is 9.59 Å². The predicted octanol–water partition coefficient (Wildman–Crippen LogP) is 4.56. The molecular formula is C23H25NO7. The first-order chi connectivity index (χ1) is 14.5. The van der Waals surface area contributed by atoms with Crippen LogP contribution in [0.2, 0.25) is 0 Å². The number of carboxylic acids is 1. The second-order valence-electron chi connectivity index (χ2n) is 7.47. The van der Waals surface area contributed by atoms with E-state index >= 15 is 0 Å². The zero-order chi connectivity index (χ0) is 23.2. The molecule has 2 rings (SSSR count). The maximum atomic E-state index is 12.6. The monoisotopic (exact) mass is 427 g/mol. The van der Waals surface area contributed by atoms with Gasteiger partial charge in [0.1, 0.15) is 6.10 Å². The summed E-state index contributed by atoms with van der Waals surface area (Å²) in [4.78, 5) is 35.0. The van der Waals surface area contributed by atoms with Crippen molar-refractivity contribution in [1.82, 2.24) is 0 Å². The molecule has 0 aliphatic rings. The molecule has 8 heteroatoms. The lowest BCUT2D eigenvalue weighted by atomic mass is 9.82. The van der Waals surface area contributed by atoms with Crippen LogP contribution in [0.5, 0.6) is 11.5 Å². The lowest BCUT2D eigenvalue weighted by Gasteiger charge is -2.31. The summed E-state index contributed by atoms with van der Waals surface area (Å²) >= 11 is 0. The Morgan fingerprint density at radius 3 is 2.26 bits per heavy atom. The largest absolute Gasteiger partial charge is 0.504 e. The van der Waals surface area contributed by atoms with Crippen LogP contribution in [0.1, 0.15) is 42.8 Å². The van der Waals surface area contributed by atoms with Crippen molar-refractivity contribution >= 4 is 23.5 Å². The van der Waals surface area contributed by atoms with Crippen molar-refractivity contribution in [2.75, 3.05) is 12.4 Å². The summed E-state index contributed by atoms with van der Waals surface area (Å²) in [6.45, 7) is 4.85. The third kappa shape index (κ3) is 6.33. The molecule has 2 aromatic rings. The Morgan fingerprint density at radius 1 is 1.10 bits per heavy atom. The van der Waals surface area contributed by atoms with Crippen LogP contribution in [-0.4, -0.2) is 35.2 Å². The lowest BCUT2D eigenvalue weighted by Crippen LogP contribution is -2.27. The number of Topliss-reactive ketones (excluding diaryl/α,β-unsaturated/α-hetero) is 1. The van der Waals surface area contributed by atoms with Gasteiger partial charge in [0.25, 0.3) is 0 Å². The first-order valence-corrected chi connectivity index (χ1v) is 9.41. The van der Waals surface area contributed by atoms with E-state index in [9.17, 15) is 19.5 Å². The summed E-state index contributed by atoms with van der Waals surface area (Å²) in [7, 11) is 1.41. The smallest absolute Gasteiger partial charge is 0.412 e. The number of carbonyl (C=O) groups is 3. The van der Waals surface area contributed by atoms with E-state index in [1.165, 1.54) is 32.2 Å². The maximum absolute atomic E-state index is 12.6. The third-order valence-electron chi connectivity index (χ3n) is 4.60. The Morgan fingerprint density at radius 2 is 1.74 bits per heavy atom. The van der Waals surface area contributed by atoms with Crippen LogP contribution in [-0.2, 0) is 9.53 Å². The van der Waals surface area contributed by atoms with E-state index in [1.54, 1.807) is 44.2 Å². The molecule has 0 aliphatic heterocycles. The molecule has 0 unspecified atom stereocenters. The number of carbonyl (C=O) groups excluding carboxylic acids is 2. The molecule has 0 aromatic heterocycles. The molecule has 0 bridgehead atoms. The summed E-state index contributed by atoms with van der Waals surface area (Å²) in [5.41, 5.74) is 0.436. The second-order valence-corrected chi connectivity index (χ2v) is 7.47. The topological polar surface area (TPSA) is 122 Å². The molecule has 0 heterocycles. The predicted molar refractivity (Wildman–Crippen MR) is 115 cm³/mol. The lowest BCUT2D eigenvalue weighted by molar-refractivity contribution is -0.131. The van der Waals surface area contributed by atoms with Gasteiger partial charge in [0, 0.05) is 22.7 Å². The third-order valence-corrected chi connectivity index (χ3v) is 4.60. The number of amides is 1. The van der Waals surface area contributed by atoms with E-state index in [1.807, 2.05) is 0 Å². The fourth-order valence-corrected chi connectivity index (χ4v) is 2.94. The minimum atomic E-state index is -1.14. The number of benzene rings is 2. The Bertz CT molecular complexity index is 993. The Hall–Kier alpha value is -3.81. The summed E-state index contributed by atoms with van der Waals surface area (Å²) in [6, 6.07) is 10.8. The number of aromatic hydroxyl groups is 1. The number of ketones is 1. The van der Waals surface area contributed by atoms with Gasteiger partial charge >= 0.3 is 12.1 Å². The van der Waals surface area contributed by atoms with Gasteiger partial charge in [-0.15, -0.1) is 0 Å². The minimum Gasteiger partial charge on any atom is -0.504 e. The van der Waals surface area contributed by atoms with Crippen molar-refractivity contribution in [1.29, 1.82) is 0 Å². The minimum absolute atomic E-state index is 0.0968. The average Bonchev–Trinajstić information content (AvgIpc) is 2.71. The van der Waals surface area contributed by atoms with Crippen molar-refractivity contribution in [2.24, 2.45) is 5.41 Å². The van der Waals surface area contributed by atoms with Crippen LogP contribution in [0.25, 0.3) is 0 Å². The van der Waals surface area contributed by atoms with Crippen molar-refractivity contribution in [2.45, 2.75) is 26.9 Å². The number of hydrogen-bond donors (Lipinski definition) is 3. The molecule has 0 radical (unpaired) electrons. The molecule has 2 aromatic carbocycles. The van der Waals surface area contributed by atoms with Gasteiger partial charge in [-0.2, -0.15) is 0 Å². The summed E-state index contributed by atoms with van der Waals surface area (Å²) in [5, 5.41) is 21.7.